The summed E-state index contributed by atoms with van der Waals surface area (Å²) in [5.74, 6) is 0.369. The van der Waals surface area contributed by atoms with Gasteiger partial charge < -0.3 is 9.94 Å². The van der Waals surface area contributed by atoms with Gasteiger partial charge in [0.05, 0.1) is 19.6 Å². The molecular formula is C11H13N3O2. The van der Waals surface area contributed by atoms with Gasteiger partial charge in [0.25, 0.3) is 0 Å². The minimum Gasteiger partial charge on any atom is -0.805 e. The molecule has 16 heavy (non-hydrogen) atoms. The highest BCUT2D eigenvalue weighted by atomic mass is 16.5. The van der Waals surface area contributed by atoms with Crippen LogP contribution in [-0.4, -0.2) is 18.8 Å². The number of aromatic nitrogens is 2. The summed E-state index contributed by atoms with van der Waals surface area (Å²) >= 11 is 0. The quantitative estimate of drug-likeness (QED) is 0.679. The van der Waals surface area contributed by atoms with E-state index in [9.17, 15) is 10.1 Å². The highest BCUT2D eigenvalue weighted by molar-refractivity contribution is 5.73. The lowest BCUT2D eigenvalue weighted by Gasteiger charge is -2.18. The van der Waals surface area contributed by atoms with Gasteiger partial charge in [-0.3, -0.25) is 4.90 Å². The van der Waals surface area contributed by atoms with Crippen LogP contribution in [0.5, 0.6) is 0 Å². The fourth-order valence-corrected chi connectivity index (χ4v) is 1.85. The van der Waals surface area contributed by atoms with Gasteiger partial charge in [0.1, 0.15) is 5.69 Å². The highest BCUT2D eigenvalue weighted by Gasteiger charge is 2.18. The van der Waals surface area contributed by atoms with Crippen LogP contribution in [-0.2, 0) is 0 Å². The van der Waals surface area contributed by atoms with E-state index in [1.54, 1.807) is 50.2 Å². The average Bonchev–Trinajstić information content (AvgIpc) is 2.26. The molecule has 2 rings (SSSR count). The largest absolute Gasteiger partial charge is 0.805 e. The number of para-hydroxylation sites is 2. The van der Waals surface area contributed by atoms with Crippen molar-refractivity contribution < 1.29 is 4.43 Å². The zero-order chi connectivity index (χ0) is 11.9. The molecule has 0 radical (unpaired) electrons. The van der Waals surface area contributed by atoms with Gasteiger partial charge in [0.2, 0.25) is 5.52 Å². The lowest BCUT2D eigenvalue weighted by Crippen LogP contribution is -2.30. The molecule has 84 valence electrons. The second-order valence-corrected chi connectivity index (χ2v) is 3.88. The number of nitrogens with zero attached hydrogens (tertiary/aromatic N) is 3. The molecule has 0 atom stereocenters. The SMILES string of the molecule is Cc1c(N(C)C)[n+](=O)c2ccccc2n1[O-]. The first kappa shape index (κ1) is 10.5. The van der Waals surface area contributed by atoms with E-state index >= 15 is 0 Å². The summed E-state index contributed by atoms with van der Waals surface area (Å²) in [6.07, 6.45) is 0. The van der Waals surface area contributed by atoms with Crippen LogP contribution in [0.2, 0.25) is 0 Å². The highest BCUT2D eigenvalue weighted by Crippen LogP contribution is 2.17. The van der Waals surface area contributed by atoms with E-state index < -0.39 is 0 Å². The van der Waals surface area contributed by atoms with Crippen molar-refractivity contribution in [1.29, 1.82) is 0 Å². The second-order valence-electron chi connectivity index (χ2n) is 3.88. The summed E-state index contributed by atoms with van der Waals surface area (Å²) in [5.41, 5.74) is 1.17. The van der Waals surface area contributed by atoms with Crippen molar-refractivity contribution >= 4 is 16.9 Å². The predicted octanol–water partition coefficient (Wildman–Crippen LogP) is 1.28. The van der Waals surface area contributed by atoms with Crippen LogP contribution in [0.1, 0.15) is 5.69 Å². The Morgan fingerprint density at radius 2 is 1.94 bits per heavy atom. The zero-order valence-corrected chi connectivity index (χ0v) is 9.47. The van der Waals surface area contributed by atoms with Gasteiger partial charge in [-0.2, -0.15) is 0 Å². The van der Waals surface area contributed by atoms with E-state index in [1.807, 2.05) is 0 Å². The van der Waals surface area contributed by atoms with Gasteiger partial charge in [-0.25, -0.2) is 0 Å². The van der Waals surface area contributed by atoms with Crippen molar-refractivity contribution in [2.75, 3.05) is 19.0 Å². The third kappa shape index (κ3) is 1.32. The maximum Gasteiger partial charge on any atom is 0.340 e. The molecule has 1 aromatic heterocycles. The van der Waals surface area contributed by atoms with Crippen molar-refractivity contribution in [3.63, 3.8) is 0 Å². The summed E-state index contributed by atoms with van der Waals surface area (Å²) in [6.45, 7) is 1.64. The molecule has 0 aliphatic rings. The summed E-state index contributed by atoms with van der Waals surface area (Å²) < 4.78 is 1.58. The van der Waals surface area contributed by atoms with E-state index in [0.29, 0.717) is 22.5 Å². The monoisotopic (exact) mass is 219 g/mol. The minimum absolute atomic E-state index is 0.369. The Kier molecular flexibility index (Phi) is 2.30. The molecule has 1 aromatic carbocycles. The third-order valence-corrected chi connectivity index (χ3v) is 2.56. The Balaban J connectivity index is 3.01. The van der Waals surface area contributed by atoms with Crippen molar-refractivity contribution in [3.05, 3.63) is 40.1 Å². The maximum atomic E-state index is 12.1. The molecule has 0 saturated heterocycles. The Bertz CT molecular complexity index is 602. The molecule has 0 amide bonds. The van der Waals surface area contributed by atoms with Gasteiger partial charge in [-0.1, -0.05) is 17.0 Å². The number of fused-ring (bicyclic) bond motifs is 1. The molecule has 5 heteroatoms. The van der Waals surface area contributed by atoms with Gasteiger partial charge in [0, 0.05) is 4.43 Å². The van der Waals surface area contributed by atoms with Crippen LogP contribution in [0.4, 0.5) is 5.82 Å². The van der Waals surface area contributed by atoms with Crippen molar-refractivity contribution in [1.82, 2.24) is 4.73 Å². The summed E-state index contributed by atoms with van der Waals surface area (Å²) in [5, 5.41) is 11.9. The molecule has 0 fully saturated rings. The van der Waals surface area contributed by atoms with E-state index in [4.69, 9.17) is 0 Å². The minimum atomic E-state index is 0.369. The molecule has 0 bridgehead atoms. The molecule has 1 heterocycles. The van der Waals surface area contributed by atoms with E-state index in [2.05, 4.69) is 0 Å². The summed E-state index contributed by atoms with van der Waals surface area (Å²) in [7, 11) is 3.48. The van der Waals surface area contributed by atoms with Crippen molar-refractivity contribution in [2.24, 2.45) is 0 Å². The van der Waals surface area contributed by atoms with Gasteiger partial charge in [-0.05, 0) is 19.1 Å². The van der Waals surface area contributed by atoms with Crippen LogP contribution in [0, 0.1) is 17.0 Å². The van der Waals surface area contributed by atoms with Crippen LogP contribution in [0.15, 0.2) is 24.3 Å². The lowest BCUT2D eigenvalue weighted by atomic mass is 10.3. The summed E-state index contributed by atoms with van der Waals surface area (Å²) in [4.78, 5) is 13.7. The fourth-order valence-electron chi connectivity index (χ4n) is 1.85. The molecule has 0 aliphatic heterocycles. The predicted molar refractivity (Wildman–Crippen MR) is 63.1 cm³/mol. The fraction of sp³-hybridized carbons (Fsp3) is 0.273. The Hall–Kier alpha value is -2.04. The topological polar surface area (TPSA) is 54.2 Å². The van der Waals surface area contributed by atoms with Gasteiger partial charge in [-0.15, -0.1) is 0 Å². The van der Waals surface area contributed by atoms with Crippen molar-refractivity contribution in [2.45, 2.75) is 6.92 Å². The normalized spacial score (nSPS) is 10.7. The molecule has 0 unspecified atom stereocenters. The molecular weight excluding hydrogens is 206 g/mol. The van der Waals surface area contributed by atoms with E-state index in [1.165, 1.54) is 0 Å². The Morgan fingerprint density at radius 1 is 1.31 bits per heavy atom. The first-order valence-electron chi connectivity index (χ1n) is 4.95. The molecule has 0 spiro atoms. The number of anilines is 1. The zero-order valence-electron chi connectivity index (χ0n) is 9.47. The van der Waals surface area contributed by atoms with Crippen LogP contribution >= 0.6 is 0 Å². The Morgan fingerprint density at radius 3 is 2.56 bits per heavy atom. The third-order valence-electron chi connectivity index (χ3n) is 2.56. The van der Waals surface area contributed by atoms with E-state index in [0.717, 1.165) is 9.16 Å². The van der Waals surface area contributed by atoms with Gasteiger partial charge >= 0.3 is 5.82 Å². The number of hydrogen-bond acceptors (Lipinski definition) is 3. The number of rotatable bonds is 1. The second kappa shape index (κ2) is 3.52. The molecule has 0 saturated carbocycles. The summed E-state index contributed by atoms with van der Waals surface area (Å²) in [6, 6.07) is 6.77. The number of benzene rings is 1. The van der Waals surface area contributed by atoms with Crippen molar-refractivity contribution in [3.8, 4) is 0 Å². The first-order valence-corrected chi connectivity index (χ1v) is 4.95. The average molecular weight is 219 g/mol. The number of hydrogen-bond donors (Lipinski definition) is 0. The molecule has 0 aliphatic carbocycles. The Labute approximate surface area is 92.7 Å². The smallest absolute Gasteiger partial charge is 0.340 e. The van der Waals surface area contributed by atoms with Crippen LogP contribution < -0.4 is 9.33 Å². The molecule has 5 nitrogen and oxygen atoms in total. The maximum absolute atomic E-state index is 12.1. The standard InChI is InChI=1S/C11H13N3O2/c1-8-11(12(2)3)14(16)10-7-5-4-6-9(10)13(8)15/h4-7H,1-3H3. The van der Waals surface area contributed by atoms with E-state index in [-0.39, 0.29) is 0 Å². The lowest BCUT2D eigenvalue weighted by molar-refractivity contribution is -0.450. The van der Waals surface area contributed by atoms with Crippen LogP contribution in [0.25, 0.3) is 11.0 Å². The first-order chi connectivity index (χ1) is 7.54. The molecule has 0 N–H and O–H groups in total. The molecule has 2 aromatic rings. The van der Waals surface area contributed by atoms with Gasteiger partial charge in [0.15, 0.2) is 0 Å². The van der Waals surface area contributed by atoms with Crippen LogP contribution in [0.3, 0.4) is 0 Å².